The average molecular weight is 284 g/mol. The normalized spacial score (nSPS) is 22.3. The van der Waals surface area contributed by atoms with Gasteiger partial charge >= 0.3 is 0 Å². The van der Waals surface area contributed by atoms with Gasteiger partial charge in [-0.2, -0.15) is 0 Å². The second-order valence-corrected chi connectivity index (χ2v) is 6.00. The Morgan fingerprint density at radius 3 is 2.67 bits per heavy atom. The van der Waals surface area contributed by atoms with Crippen molar-refractivity contribution in [3.8, 4) is 0 Å². The molecule has 3 rings (SSSR count). The number of aryl methyl sites for hydroxylation is 1. The van der Waals surface area contributed by atoms with Crippen LogP contribution in [0.2, 0.25) is 0 Å². The van der Waals surface area contributed by atoms with Crippen molar-refractivity contribution in [3.05, 3.63) is 65.5 Å². The first-order valence-corrected chi connectivity index (χ1v) is 7.40. The lowest BCUT2D eigenvalue weighted by Crippen LogP contribution is -2.57. The number of hydrogen-bond acceptors (Lipinski definition) is 2. The number of benzene rings is 2. The Balaban J connectivity index is 1.91. The number of halogens is 1. The second-order valence-electron chi connectivity index (χ2n) is 6.00. The molecule has 2 aromatic carbocycles. The maximum Gasteiger partial charge on any atom is 0.146 e. The maximum absolute atomic E-state index is 14.1. The standard InChI is InChI=1S/C18H21FN2/c1-14-8-9-16(19)17(12-14)21-11-10-20-18(2,13-21)15-6-4-3-5-7-15/h3-9,12,20H,10-11,13H2,1-2H3. The first-order chi connectivity index (χ1) is 10.1. The summed E-state index contributed by atoms with van der Waals surface area (Å²) in [7, 11) is 0. The summed E-state index contributed by atoms with van der Waals surface area (Å²) in [6, 6.07) is 15.7. The van der Waals surface area contributed by atoms with E-state index in [1.165, 1.54) is 5.56 Å². The number of nitrogens with one attached hydrogen (secondary N) is 1. The number of piperazine rings is 1. The second kappa shape index (κ2) is 5.49. The van der Waals surface area contributed by atoms with E-state index in [4.69, 9.17) is 0 Å². The van der Waals surface area contributed by atoms with Gasteiger partial charge in [0.1, 0.15) is 5.82 Å². The van der Waals surface area contributed by atoms with Crippen molar-refractivity contribution in [2.45, 2.75) is 19.4 Å². The number of hydrogen-bond donors (Lipinski definition) is 1. The van der Waals surface area contributed by atoms with Crippen molar-refractivity contribution in [1.82, 2.24) is 5.32 Å². The van der Waals surface area contributed by atoms with Gasteiger partial charge in [-0.05, 0) is 37.1 Å². The number of rotatable bonds is 2. The van der Waals surface area contributed by atoms with Crippen LogP contribution in [-0.4, -0.2) is 19.6 Å². The smallest absolute Gasteiger partial charge is 0.146 e. The van der Waals surface area contributed by atoms with Crippen LogP contribution in [0.25, 0.3) is 0 Å². The molecule has 3 heteroatoms. The van der Waals surface area contributed by atoms with Gasteiger partial charge < -0.3 is 10.2 Å². The van der Waals surface area contributed by atoms with Gasteiger partial charge in [0.15, 0.2) is 0 Å². The van der Waals surface area contributed by atoms with Crippen LogP contribution in [0.5, 0.6) is 0 Å². The molecule has 21 heavy (non-hydrogen) atoms. The molecule has 1 saturated heterocycles. The topological polar surface area (TPSA) is 15.3 Å². The van der Waals surface area contributed by atoms with Gasteiger partial charge in [0.05, 0.1) is 11.2 Å². The molecule has 2 nitrogen and oxygen atoms in total. The molecule has 0 radical (unpaired) electrons. The molecular weight excluding hydrogens is 263 g/mol. The third-order valence-electron chi connectivity index (χ3n) is 4.26. The first-order valence-electron chi connectivity index (χ1n) is 7.40. The minimum atomic E-state index is -0.157. The lowest BCUT2D eigenvalue weighted by molar-refractivity contribution is 0.330. The molecule has 1 atom stereocenters. The molecule has 1 aliphatic heterocycles. The minimum absolute atomic E-state index is 0.141. The van der Waals surface area contributed by atoms with Crippen LogP contribution >= 0.6 is 0 Å². The summed E-state index contributed by atoms with van der Waals surface area (Å²) in [6.45, 7) is 6.61. The Kier molecular flexibility index (Phi) is 3.68. The Labute approximate surface area is 125 Å². The molecule has 1 heterocycles. The molecule has 0 aromatic heterocycles. The highest BCUT2D eigenvalue weighted by atomic mass is 19.1. The zero-order valence-corrected chi connectivity index (χ0v) is 12.6. The zero-order valence-electron chi connectivity index (χ0n) is 12.6. The van der Waals surface area contributed by atoms with E-state index in [2.05, 4.69) is 41.4 Å². The summed E-state index contributed by atoms with van der Waals surface area (Å²) in [5.74, 6) is -0.141. The fourth-order valence-corrected chi connectivity index (χ4v) is 3.05. The molecule has 0 spiro atoms. The number of nitrogens with zero attached hydrogens (tertiary/aromatic N) is 1. The van der Waals surface area contributed by atoms with Gasteiger partial charge in [-0.25, -0.2) is 4.39 Å². The van der Waals surface area contributed by atoms with Crippen molar-refractivity contribution in [3.63, 3.8) is 0 Å². The fraction of sp³-hybridized carbons (Fsp3) is 0.333. The van der Waals surface area contributed by atoms with E-state index in [1.54, 1.807) is 6.07 Å². The quantitative estimate of drug-likeness (QED) is 0.908. The van der Waals surface area contributed by atoms with Crippen LogP contribution in [0.4, 0.5) is 10.1 Å². The molecule has 1 N–H and O–H groups in total. The van der Waals surface area contributed by atoms with Gasteiger partial charge in [-0.1, -0.05) is 36.4 Å². The van der Waals surface area contributed by atoms with Crippen LogP contribution in [0.15, 0.2) is 48.5 Å². The van der Waals surface area contributed by atoms with Gasteiger partial charge in [-0.3, -0.25) is 0 Å². The molecule has 0 bridgehead atoms. The molecule has 0 saturated carbocycles. The summed E-state index contributed by atoms with van der Waals surface area (Å²) in [4.78, 5) is 2.14. The Bertz CT molecular complexity index is 626. The zero-order chi connectivity index (χ0) is 14.9. The van der Waals surface area contributed by atoms with Crippen LogP contribution in [0.1, 0.15) is 18.1 Å². The molecule has 110 valence electrons. The van der Waals surface area contributed by atoms with Crippen molar-refractivity contribution in [2.24, 2.45) is 0 Å². The molecule has 1 unspecified atom stereocenters. The maximum atomic E-state index is 14.1. The monoisotopic (exact) mass is 284 g/mol. The highest BCUT2D eigenvalue weighted by Crippen LogP contribution is 2.29. The molecule has 2 aromatic rings. The van der Waals surface area contributed by atoms with E-state index >= 15 is 0 Å². The summed E-state index contributed by atoms with van der Waals surface area (Å²) in [5.41, 5.74) is 2.88. The van der Waals surface area contributed by atoms with Crippen LogP contribution in [0.3, 0.4) is 0 Å². The summed E-state index contributed by atoms with van der Waals surface area (Å²) >= 11 is 0. The van der Waals surface area contributed by atoms with E-state index in [-0.39, 0.29) is 11.4 Å². The van der Waals surface area contributed by atoms with Crippen molar-refractivity contribution in [1.29, 1.82) is 0 Å². The van der Waals surface area contributed by atoms with Crippen molar-refractivity contribution >= 4 is 5.69 Å². The average Bonchev–Trinajstić information content (AvgIpc) is 2.51. The third kappa shape index (κ3) is 2.79. The van der Waals surface area contributed by atoms with Crippen molar-refractivity contribution < 1.29 is 4.39 Å². The summed E-state index contributed by atoms with van der Waals surface area (Å²) < 4.78 is 14.1. The predicted octanol–water partition coefficient (Wildman–Crippen LogP) is 3.46. The van der Waals surface area contributed by atoms with E-state index in [1.807, 2.05) is 25.1 Å². The molecule has 1 aliphatic rings. The lowest BCUT2D eigenvalue weighted by atomic mass is 9.89. The molecular formula is C18H21FN2. The Morgan fingerprint density at radius 2 is 1.90 bits per heavy atom. The van der Waals surface area contributed by atoms with Crippen LogP contribution < -0.4 is 10.2 Å². The third-order valence-corrected chi connectivity index (χ3v) is 4.26. The van der Waals surface area contributed by atoms with E-state index < -0.39 is 0 Å². The van der Waals surface area contributed by atoms with Gasteiger partial charge in [0, 0.05) is 19.6 Å². The predicted molar refractivity (Wildman–Crippen MR) is 85.1 cm³/mol. The Hall–Kier alpha value is -1.87. The Morgan fingerprint density at radius 1 is 1.14 bits per heavy atom. The van der Waals surface area contributed by atoms with Gasteiger partial charge in [-0.15, -0.1) is 0 Å². The largest absolute Gasteiger partial charge is 0.366 e. The molecule has 0 amide bonds. The molecule has 0 aliphatic carbocycles. The minimum Gasteiger partial charge on any atom is -0.366 e. The highest BCUT2D eigenvalue weighted by Gasteiger charge is 2.33. The first kappa shape index (κ1) is 14.1. The highest BCUT2D eigenvalue weighted by molar-refractivity contribution is 5.51. The fourth-order valence-electron chi connectivity index (χ4n) is 3.05. The summed E-state index contributed by atoms with van der Waals surface area (Å²) in [5, 5.41) is 3.58. The van der Waals surface area contributed by atoms with Crippen LogP contribution in [-0.2, 0) is 5.54 Å². The lowest BCUT2D eigenvalue weighted by Gasteiger charge is -2.43. The van der Waals surface area contributed by atoms with Crippen LogP contribution in [0, 0.1) is 12.7 Å². The van der Waals surface area contributed by atoms with E-state index in [0.717, 1.165) is 25.2 Å². The van der Waals surface area contributed by atoms with Gasteiger partial charge in [0.2, 0.25) is 0 Å². The molecule has 1 fully saturated rings. The number of anilines is 1. The summed E-state index contributed by atoms with van der Waals surface area (Å²) in [6.07, 6.45) is 0. The van der Waals surface area contributed by atoms with Crippen molar-refractivity contribution in [2.75, 3.05) is 24.5 Å². The van der Waals surface area contributed by atoms with E-state index in [9.17, 15) is 4.39 Å². The van der Waals surface area contributed by atoms with E-state index in [0.29, 0.717) is 5.69 Å². The SMILES string of the molecule is Cc1ccc(F)c(N2CCNC(C)(c3ccccc3)C2)c1. The van der Waals surface area contributed by atoms with Gasteiger partial charge in [0.25, 0.3) is 0 Å².